The monoisotopic (exact) mass is 389 g/mol. The third-order valence-corrected chi connectivity index (χ3v) is 6.59. The molecule has 138 valence electrons. The van der Waals surface area contributed by atoms with Crippen molar-refractivity contribution in [1.29, 1.82) is 0 Å². The molecule has 0 aromatic heterocycles. The van der Waals surface area contributed by atoms with Crippen LogP contribution >= 0.6 is 23.2 Å². The Balaban J connectivity index is 1.51. The molecule has 2 nitrogen and oxygen atoms in total. The molecule has 4 rings (SSSR count). The van der Waals surface area contributed by atoms with Gasteiger partial charge in [0.25, 0.3) is 0 Å². The van der Waals surface area contributed by atoms with E-state index in [9.17, 15) is 5.11 Å². The Morgan fingerprint density at radius 1 is 1.15 bits per heavy atom. The molecule has 1 aliphatic carbocycles. The Morgan fingerprint density at radius 2 is 1.85 bits per heavy atom. The molecule has 2 aliphatic rings. The number of aliphatic hydroxyl groups is 1. The highest BCUT2D eigenvalue weighted by Gasteiger charge is 2.42. The molecule has 0 radical (unpaired) electrons. The van der Waals surface area contributed by atoms with Crippen molar-refractivity contribution in [2.45, 2.75) is 51.2 Å². The quantitative estimate of drug-likeness (QED) is 0.781. The minimum absolute atomic E-state index is 0.469. The van der Waals surface area contributed by atoms with E-state index in [1.54, 1.807) is 0 Å². The van der Waals surface area contributed by atoms with E-state index < -0.39 is 5.60 Å². The van der Waals surface area contributed by atoms with Gasteiger partial charge in [-0.2, -0.15) is 0 Å². The Morgan fingerprint density at radius 3 is 2.50 bits per heavy atom. The highest BCUT2D eigenvalue weighted by molar-refractivity contribution is 6.35. The minimum atomic E-state index is -0.508. The second kappa shape index (κ2) is 6.83. The predicted molar refractivity (Wildman–Crippen MR) is 108 cm³/mol. The van der Waals surface area contributed by atoms with Gasteiger partial charge in [-0.1, -0.05) is 41.4 Å². The molecule has 0 amide bonds. The van der Waals surface area contributed by atoms with Crippen LogP contribution in [0.3, 0.4) is 0 Å². The van der Waals surface area contributed by atoms with E-state index in [0.29, 0.717) is 6.04 Å². The van der Waals surface area contributed by atoms with Gasteiger partial charge in [0.1, 0.15) is 0 Å². The lowest BCUT2D eigenvalue weighted by Crippen LogP contribution is -2.60. The van der Waals surface area contributed by atoms with E-state index in [4.69, 9.17) is 23.2 Å². The number of likely N-dealkylation sites (tertiary alicyclic amines) is 1. The van der Waals surface area contributed by atoms with E-state index in [1.807, 2.05) is 25.1 Å². The number of halogens is 2. The lowest BCUT2D eigenvalue weighted by molar-refractivity contribution is -0.103. The molecule has 1 saturated heterocycles. The van der Waals surface area contributed by atoms with Gasteiger partial charge in [0, 0.05) is 29.2 Å². The summed E-state index contributed by atoms with van der Waals surface area (Å²) in [5, 5.41) is 11.6. The van der Waals surface area contributed by atoms with Gasteiger partial charge in [-0.15, -0.1) is 0 Å². The molecule has 26 heavy (non-hydrogen) atoms. The summed E-state index contributed by atoms with van der Waals surface area (Å²) in [4.78, 5) is 2.41. The first-order chi connectivity index (χ1) is 12.3. The average Bonchev–Trinajstić information content (AvgIpc) is 2.94. The van der Waals surface area contributed by atoms with Gasteiger partial charge in [0.2, 0.25) is 0 Å². The Hall–Kier alpha value is -1.06. The van der Waals surface area contributed by atoms with Crippen LogP contribution in [-0.2, 0) is 19.3 Å². The van der Waals surface area contributed by atoms with Gasteiger partial charge in [-0.25, -0.2) is 0 Å². The Kier molecular flexibility index (Phi) is 4.81. The summed E-state index contributed by atoms with van der Waals surface area (Å²) in [6.45, 7) is 5.69. The van der Waals surface area contributed by atoms with Crippen LogP contribution in [0.1, 0.15) is 47.2 Å². The largest absolute Gasteiger partial charge is 0.388 e. The molecule has 2 aromatic rings. The highest BCUT2D eigenvalue weighted by atomic mass is 35.5. The summed E-state index contributed by atoms with van der Waals surface area (Å²) < 4.78 is 0. The van der Waals surface area contributed by atoms with Crippen LogP contribution in [0, 0.1) is 6.92 Å². The molecule has 1 heterocycles. The number of aryl methyl sites for hydroxylation is 3. The molecule has 1 unspecified atom stereocenters. The molecule has 1 fully saturated rings. The molecular weight excluding hydrogens is 365 g/mol. The lowest BCUT2D eigenvalue weighted by Gasteiger charge is -2.47. The van der Waals surface area contributed by atoms with Crippen LogP contribution in [-0.4, -0.2) is 28.7 Å². The van der Waals surface area contributed by atoms with Gasteiger partial charge in [-0.05, 0) is 79.5 Å². The van der Waals surface area contributed by atoms with Crippen molar-refractivity contribution in [3.8, 4) is 0 Å². The molecule has 2 aromatic carbocycles. The van der Waals surface area contributed by atoms with Gasteiger partial charge in [0.15, 0.2) is 0 Å². The standard InChI is InChI=1S/C22H25Cl2NO/c1-14-10-18-16(7-9-21(18)25-12-22(2,26)13-25)11-15(14)6-8-17-19(23)4-3-5-20(17)24/h3-5,10-11,21,26H,6-9,12-13H2,1-2H3. The fraction of sp³-hybridized carbons (Fsp3) is 0.455. The summed E-state index contributed by atoms with van der Waals surface area (Å²) in [5.41, 5.74) is 6.18. The van der Waals surface area contributed by atoms with Gasteiger partial charge in [0.05, 0.1) is 5.60 Å². The number of nitrogens with zero attached hydrogens (tertiary/aromatic N) is 1. The SMILES string of the molecule is Cc1cc2c(cc1CCc1c(Cl)cccc1Cl)CCC2N1CC(C)(O)C1. The fourth-order valence-electron chi connectivity index (χ4n) is 4.53. The first kappa shape index (κ1) is 18.3. The smallest absolute Gasteiger partial charge is 0.0872 e. The van der Waals surface area contributed by atoms with E-state index >= 15 is 0 Å². The Bertz CT molecular complexity index is 818. The summed E-state index contributed by atoms with van der Waals surface area (Å²) in [7, 11) is 0. The van der Waals surface area contributed by atoms with Crippen LogP contribution < -0.4 is 0 Å². The van der Waals surface area contributed by atoms with Crippen molar-refractivity contribution in [2.24, 2.45) is 0 Å². The normalized spacial score (nSPS) is 21.5. The second-order valence-electron chi connectivity index (χ2n) is 8.13. The summed E-state index contributed by atoms with van der Waals surface area (Å²) in [5.74, 6) is 0. The zero-order valence-electron chi connectivity index (χ0n) is 15.4. The zero-order valence-corrected chi connectivity index (χ0v) is 16.9. The third kappa shape index (κ3) is 3.41. The number of hydrogen-bond donors (Lipinski definition) is 1. The van der Waals surface area contributed by atoms with Crippen molar-refractivity contribution in [1.82, 2.24) is 4.90 Å². The first-order valence-electron chi connectivity index (χ1n) is 9.36. The van der Waals surface area contributed by atoms with Crippen molar-refractivity contribution in [3.05, 3.63) is 68.2 Å². The van der Waals surface area contributed by atoms with Gasteiger partial charge in [-0.3, -0.25) is 4.90 Å². The molecule has 1 N–H and O–H groups in total. The highest BCUT2D eigenvalue weighted by Crippen LogP contribution is 2.41. The van der Waals surface area contributed by atoms with Crippen LogP contribution in [0.5, 0.6) is 0 Å². The number of benzene rings is 2. The number of fused-ring (bicyclic) bond motifs is 1. The predicted octanol–water partition coefficient (Wildman–Crippen LogP) is 5.14. The van der Waals surface area contributed by atoms with Gasteiger partial charge >= 0.3 is 0 Å². The fourth-order valence-corrected chi connectivity index (χ4v) is 5.12. The average molecular weight is 390 g/mol. The Labute approximate surface area is 165 Å². The van der Waals surface area contributed by atoms with Crippen LogP contribution in [0.2, 0.25) is 10.0 Å². The third-order valence-electron chi connectivity index (χ3n) is 5.88. The zero-order chi connectivity index (χ0) is 18.5. The van der Waals surface area contributed by atoms with Crippen LogP contribution in [0.25, 0.3) is 0 Å². The maximum atomic E-state index is 10.1. The summed E-state index contributed by atoms with van der Waals surface area (Å²) >= 11 is 12.6. The summed E-state index contributed by atoms with van der Waals surface area (Å²) in [6.07, 6.45) is 4.09. The van der Waals surface area contributed by atoms with E-state index in [2.05, 4.69) is 24.0 Å². The van der Waals surface area contributed by atoms with Crippen molar-refractivity contribution < 1.29 is 5.11 Å². The number of rotatable bonds is 4. The molecule has 1 atom stereocenters. The number of β-amino-alcohol motifs (C(OH)–C–C–N with tert-alkyl or cyclic N) is 1. The van der Waals surface area contributed by atoms with Crippen LogP contribution in [0.15, 0.2) is 30.3 Å². The van der Waals surface area contributed by atoms with Crippen molar-refractivity contribution in [2.75, 3.05) is 13.1 Å². The number of hydrogen-bond acceptors (Lipinski definition) is 2. The molecule has 0 spiro atoms. The van der Waals surface area contributed by atoms with E-state index in [0.717, 1.165) is 54.4 Å². The second-order valence-corrected chi connectivity index (χ2v) is 8.95. The molecular formula is C22H25Cl2NO. The lowest BCUT2D eigenvalue weighted by atomic mass is 9.91. The molecule has 1 aliphatic heterocycles. The van der Waals surface area contributed by atoms with E-state index in [1.165, 1.54) is 22.3 Å². The minimum Gasteiger partial charge on any atom is -0.388 e. The maximum Gasteiger partial charge on any atom is 0.0872 e. The summed E-state index contributed by atoms with van der Waals surface area (Å²) in [6, 6.07) is 10.9. The van der Waals surface area contributed by atoms with Gasteiger partial charge < -0.3 is 5.11 Å². The molecule has 0 saturated carbocycles. The van der Waals surface area contributed by atoms with Crippen molar-refractivity contribution >= 4 is 23.2 Å². The van der Waals surface area contributed by atoms with Crippen LogP contribution in [0.4, 0.5) is 0 Å². The molecule has 0 bridgehead atoms. The topological polar surface area (TPSA) is 23.5 Å². The van der Waals surface area contributed by atoms with Crippen molar-refractivity contribution in [3.63, 3.8) is 0 Å². The molecule has 4 heteroatoms. The van der Waals surface area contributed by atoms with E-state index in [-0.39, 0.29) is 0 Å². The maximum absolute atomic E-state index is 10.1. The first-order valence-corrected chi connectivity index (χ1v) is 10.1.